The summed E-state index contributed by atoms with van der Waals surface area (Å²) < 4.78 is 34.3. The molecule has 0 saturated carbocycles. The molecule has 0 bridgehead atoms. The van der Waals surface area contributed by atoms with E-state index in [0.717, 1.165) is 5.56 Å². The standard InChI is InChI=1S/C20H23N3O4S2/c1-14-5-7-15(8-6-14)13-23-11-12-28-19(23)21-18(24)16-9-10-17(27-16)29(25,26)22-20(2,3)4/h5-12,22H,13H2,1-4H3. The molecule has 0 radical (unpaired) electrons. The van der Waals surface area contributed by atoms with E-state index >= 15 is 0 Å². The summed E-state index contributed by atoms with van der Waals surface area (Å²) in [6.45, 7) is 7.76. The Hall–Kier alpha value is -2.49. The van der Waals surface area contributed by atoms with Crippen LogP contribution in [0.15, 0.2) is 62.5 Å². The average molecular weight is 434 g/mol. The summed E-state index contributed by atoms with van der Waals surface area (Å²) in [5.41, 5.74) is 1.59. The first-order valence-electron chi connectivity index (χ1n) is 8.96. The summed E-state index contributed by atoms with van der Waals surface area (Å²) in [7, 11) is -3.86. The van der Waals surface area contributed by atoms with Gasteiger partial charge in [-0.2, -0.15) is 4.99 Å². The Morgan fingerprint density at radius 1 is 1.17 bits per heavy atom. The van der Waals surface area contributed by atoms with Crippen LogP contribution in [0.2, 0.25) is 0 Å². The van der Waals surface area contributed by atoms with Crippen molar-refractivity contribution >= 4 is 27.3 Å². The number of aromatic nitrogens is 1. The van der Waals surface area contributed by atoms with Gasteiger partial charge in [-0.15, -0.1) is 11.3 Å². The van der Waals surface area contributed by atoms with Crippen molar-refractivity contribution in [2.45, 2.75) is 44.9 Å². The van der Waals surface area contributed by atoms with Crippen LogP contribution in [0.3, 0.4) is 0 Å². The van der Waals surface area contributed by atoms with Gasteiger partial charge in [-0.05, 0) is 45.4 Å². The molecule has 0 spiro atoms. The average Bonchev–Trinajstić information content (AvgIpc) is 3.25. The second-order valence-electron chi connectivity index (χ2n) is 7.69. The molecule has 2 aromatic heterocycles. The van der Waals surface area contributed by atoms with Gasteiger partial charge < -0.3 is 8.98 Å². The van der Waals surface area contributed by atoms with Crippen molar-refractivity contribution in [1.82, 2.24) is 9.29 Å². The minimum atomic E-state index is -3.86. The molecule has 29 heavy (non-hydrogen) atoms. The molecule has 3 aromatic rings. The highest BCUT2D eigenvalue weighted by molar-refractivity contribution is 7.89. The van der Waals surface area contributed by atoms with Crippen LogP contribution >= 0.6 is 11.3 Å². The number of hydrogen-bond acceptors (Lipinski definition) is 5. The molecule has 0 saturated heterocycles. The lowest BCUT2D eigenvalue weighted by molar-refractivity contribution is 0.0966. The van der Waals surface area contributed by atoms with Crippen molar-refractivity contribution in [3.8, 4) is 0 Å². The lowest BCUT2D eigenvalue weighted by Crippen LogP contribution is -2.40. The summed E-state index contributed by atoms with van der Waals surface area (Å²) in [4.78, 5) is 17.1. The highest BCUT2D eigenvalue weighted by atomic mass is 32.2. The number of benzene rings is 1. The third-order valence-electron chi connectivity index (χ3n) is 3.83. The Kier molecular flexibility index (Phi) is 5.92. The zero-order valence-electron chi connectivity index (χ0n) is 16.7. The van der Waals surface area contributed by atoms with Crippen molar-refractivity contribution in [3.63, 3.8) is 0 Å². The molecule has 1 amide bonds. The number of furan rings is 1. The summed E-state index contributed by atoms with van der Waals surface area (Å²) in [5, 5.41) is 1.52. The number of hydrogen-bond donors (Lipinski definition) is 1. The van der Waals surface area contributed by atoms with E-state index in [1.807, 2.05) is 47.3 Å². The number of nitrogens with zero attached hydrogens (tertiary/aromatic N) is 2. The van der Waals surface area contributed by atoms with Crippen LogP contribution in [0.1, 0.15) is 42.5 Å². The number of thiazole rings is 1. The van der Waals surface area contributed by atoms with E-state index in [-0.39, 0.29) is 10.9 Å². The van der Waals surface area contributed by atoms with Gasteiger partial charge in [0.25, 0.3) is 10.0 Å². The predicted molar refractivity (Wildman–Crippen MR) is 111 cm³/mol. The Balaban J connectivity index is 1.83. The number of sulfonamides is 1. The van der Waals surface area contributed by atoms with E-state index in [1.54, 1.807) is 20.8 Å². The van der Waals surface area contributed by atoms with Crippen molar-refractivity contribution < 1.29 is 17.6 Å². The van der Waals surface area contributed by atoms with Gasteiger partial charge >= 0.3 is 5.91 Å². The van der Waals surface area contributed by atoms with E-state index < -0.39 is 21.5 Å². The first kappa shape index (κ1) is 21.2. The first-order valence-corrected chi connectivity index (χ1v) is 11.3. The molecule has 0 aliphatic carbocycles. The predicted octanol–water partition coefficient (Wildman–Crippen LogP) is 3.32. The van der Waals surface area contributed by atoms with Gasteiger partial charge in [0, 0.05) is 23.7 Å². The quantitative estimate of drug-likeness (QED) is 0.668. The number of aryl methyl sites for hydroxylation is 1. The van der Waals surface area contributed by atoms with E-state index in [9.17, 15) is 13.2 Å². The molecular weight excluding hydrogens is 410 g/mol. The Morgan fingerprint density at radius 3 is 2.52 bits per heavy atom. The maximum absolute atomic E-state index is 12.5. The first-order chi connectivity index (χ1) is 13.5. The number of carbonyl (C=O) groups is 1. The fraction of sp³-hybridized carbons (Fsp3) is 0.300. The fourth-order valence-corrected chi connectivity index (χ4v) is 4.65. The van der Waals surface area contributed by atoms with E-state index in [1.165, 1.54) is 29.0 Å². The Morgan fingerprint density at radius 2 is 1.86 bits per heavy atom. The molecule has 7 nitrogen and oxygen atoms in total. The molecule has 2 heterocycles. The Bertz CT molecular complexity index is 1180. The molecule has 154 valence electrons. The lowest BCUT2D eigenvalue weighted by atomic mass is 10.1. The number of amides is 1. The minimum Gasteiger partial charge on any atom is -0.438 e. The van der Waals surface area contributed by atoms with Gasteiger partial charge in [0.1, 0.15) is 0 Å². The maximum atomic E-state index is 12.5. The van der Waals surface area contributed by atoms with Crippen LogP contribution in [0.5, 0.6) is 0 Å². The monoisotopic (exact) mass is 433 g/mol. The van der Waals surface area contributed by atoms with E-state index in [2.05, 4.69) is 9.71 Å². The van der Waals surface area contributed by atoms with E-state index in [0.29, 0.717) is 11.3 Å². The van der Waals surface area contributed by atoms with Crippen molar-refractivity contribution in [3.05, 3.63) is 69.7 Å². The highest BCUT2D eigenvalue weighted by Crippen LogP contribution is 2.17. The van der Waals surface area contributed by atoms with Gasteiger partial charge in [-0.3, -0.25) is 4.79 Å². The van der Waals surface area contributed by atoms with Gasteiger partial charge in [0.05, 0.1) is 0 Å². The third-order valence-corrected chi connectivity index (χ3v) is 6.25. The molecule has 0 aliphatic rings. The normalized spacial score (nSPS) is 13.0. The molecule has 3 rings (SSSR count). The zero-order valence-corrected chi connectivity index (χ0v) is 18.3. The second kappa shape index (κ2) is 8.10. The molecule has 1 N–H and O–H groups in total. The lowest BCUT2D eigenvalue weighted by Gasteiger charge is -2.18. The molecule has 0 fully saturated rings. The SMILES string of the molecule is Cc1ccc(Cn2ccsc2=NC(=O)c2ccc(S(=O)(=O)NC(C)(C)C)o2)cc1. The smallest absolute Gasteiger partial charge is 0.315 e. The molecule has 0 aliphatic heterocycles. The van der Waals surface area contributed by atoms with E-state index in [4.69, 9.17) is 4.42 Å². The summed E-state index contributed by atoms with van der Waals surface area (Å²) in [5.74, 6) is -0.767. The van der Waals surface area contributed by atoms with Gasteiger partial charge in [-0.25, -0.2) is 13.1 Å². The number of carbonyl (C=O) groups excluding carboxylic acids is 1. The van der Waals surface area contributed by atoms with Crippen LogP contribution in [-0.4, -0.2) is 24.4 Å². The summed E-state index contributed by atoms with van der Waals surface area (Å²) in [6.07, 6.45) is 1.85. The highest BCUT2D eigenvalue weighted by Gasteiger charge is 2.26. The van der Waals surface area contributed by atoms with Crippen molar-refractivity contribution in [2.75, 3.05) is 0 Å². The van der Waals surface area contributed by atoms with Gasteiger partial charge in [-0.1, -0.05) is 29.8 Å². The number of nitrogens with one attached hydrogen (secondary N) is 1. The fourth-order valence-electron chi connectivity index (χ4n) is 2.57. The van der Waals surface area contributed by atoms with Crippen molar-refractivity contribution in [2.24, 2.45) is 4.99 Å². The van der Waals surface area contributed by atoms with Crippen LogP contribution in [-0.2, 0) is 16.6 Å². The number of rotatable bonds is 5. The molecule has 0 unspecified atom stereocenters. The maximum Gasteiger partial charge on any atom is 0.315 e. The van der Waals surface area contributed by atoms with Gasteiger partial charge in [0.15, 0.2) is 10.6 Å². The van der Waals surface area contributed by atoms with Crippen molar-refractivity contribution in [1.29, 1.82) is 0 Å². The third kappa shape index (κ3) is 5.53. The van der Waals surface area contributed by atoms with Crippen LogP contribution in [0.4, 0.5) is 0 Å². The molecule has 1 aromatic carbocycles. The summed E-state index contributed by atoms with van der Waals surface area (Å²) >= 11 is 1.32. The zero-order chi connectivity index (χ0) is 21.2. The largest absolute Gasteiger partial charge is 0.438 e. The summed E-state index contributed by atoms with van der Waals surface area (Å²) in [6, 6.07) is 10.7. The molecule has 9 heteroatoms. The second-order valence-corrected chi connectivity index (χ2v) is 10.2. The Labute approximate surface area is 173 Å². The van der Waals surface area contributed by atoms with Gasteiger partial charge in [0.2, 0.25) is 5.09 Å². The molecular formula is C20H23N3O4S2. The molecule has 0 atom stereocenters. The topological polar surface area (TPSA) is 93.7 Å². The van der Waals surface area contributed by atoms with Crippen LogP contribution in [0.25, 0.3) is 0 Å². The minimum absolute atomic E-state index is 0.130. The van der Waals surface area contributed by atoms with Crippen LogP contribution < -0.4 is 9.52 Å². The van der Waals surface area contributed by atoms with Crippen LogP contribution in [0, 0.1) is 6.92 Å².